The van der Waals surface area contributed by atoms with Crippen LogP contribution in [0.15, 0.2) is 66.4 Å². The van der Waals surface area contributed by atoms with E-state index in [4.69, 9.17) is 21.1 Å². The number of carbonyl (C=O) groups excluding carboxylic acids is 1. The maximum Gasteiger partial charge on any atom is 0.231 e. The number of benzene rings is 3. The van der Waals surface area contributed by atoms with Crippen LogP contribution in [-0.4, -0.2) is 5.78 Å². The third kappa shape index (κ3) is 3.51. The molecule has 0 saturated heterocycles. The molecule has 0 unspecified atom stereocenters. The molecule has 0 aromatic heterocycles. The van der Waals surface area contributed by atoms with Gasteiger partial charge in [-0.3, -0.25) is 4.79 Å². The predicted octanol–water partition coefficient (Wildman–Crippen LogP) is 5.98. The van der Waals surface area contributed by atoms with E-state index in [1.165, 1.54) is 12.1 Å². The van der Waals surface area contributed by atoms with Gasteiger partial charge in [0.05, 0.1) is 10.6 Å². The van der Waals surface area contributed by atoms with Gasteiger partial charge < -0.3 is 9.47 Å². The van der Waals surface area contributed by atoms with Crippen molar-refractivity contribution in [2.24, 2.45) is 0 Å². The Morgan fingerprint density at radius 3 is 2.64 bits per heavy atom. The zero-order valence-electron chi connectivity index (χ0n) is 15.0. The minimum atomic E-state index is -0.396. The Hall–Kier alpha value is -3.11. The van der Waals surface area contributed by atoms with Crippen molar-refractivity contribution in [2.45, 2.75) is 13.5 Å². The van der Waals surface area contributed by atoms with Gasteiger partial charge in [0.15, 0.2) is 5.76 Å². The van der Waals surface area contributed by atoms with E-state index >= 15 is 0 Å². The molecule has 1 aliphatic rings. The number of Topliss-reactive ketones (excluding diaryl/α,β-unsaturated/α-hetero) is 1. The first-order valence-electron chi connectivity index (χ1n) is 8.72. The molecule has 140 valence electrons. The molecule has 1 aliphatic heterocycles. The second-order valence-corrected chi connectivity index (χ2v) is 6.85. The average molecular weight is 395 g/mol. The number of rotatable bonds is 4. The van der Waals surface area contributed by atoms with E-state index in [1.54, 1.807) is 24.3 Å². The van der Waals surface area contributed by atoms with Crippen LogP contribution in [0.3, 0.4) is 0 Å². The minimum absolute atomic E-state index is 0.157. The first-order chi connectivity index (χ1) is 13.5. The van der Waals surface area contributed by atoms with E-state index in [-0.39, 0.29) is 18.1 Å². The third-order valence-electron chi connectivity index (χ3n) is 4.53. The zero-order valence-corrected chi connectivity index (χ0v) is 15.8. The molecular formula is C23H16ClFO3. The fraction of sp³-hybridized carbons (Fsp3) is 0.0870. The number of allylic oxidation sites excluding steroid dienone is 1. The molecule has 0 N–H and O–H groups in total. The van der Waals surface area contributed by atoms with Gasteiger partial charge in [-0.1, -0.05) is 48.0 Å². The number of hydrogen-bond donors (Lipinski definition) is 0. The summed E-state index contributed by atoms with van der Waals surface area (Å²) >= 11 is 6.05. The van der Waals surface area contributed by atoms with E-state index in [0.717, 1.165) is 11.1 Å². The van der Waals surface area contributed by atoms with Gasteiger partial charge >= 0.3 is 0 Å². The molecule has 0 amide bonds. The van der Waals surface area contributed by atoms with Crippen LogP contribution in [-0.2, 0) is 6.61 Å². The highest BCUT2D eigenvalue weighted by Crippen LogP contribution is 2.39. The molecule has 3 nitrogen and oxygen atoms in total. The first-order valence-corrected chi connectivity index (χ1v) is 9.10. The Kier molecular flexibility index (Phi) is 4.88. The van der Waals surface area contributed by atoms with Crippen molar-refractivity contribution in [1.82, 2.24) is 0 Å². The molecule has 0 atom stereocenters. The zero-order chi connectivity index (χ0) is 19.7. The highest BCUT2D eigenvalue weighted by Gasteiger charge is 2.30. The lowest BCUT2D eigenvalue weighted by Gasteiger charge is -2.12. The quantitative estimate of drug-likeness (QED) is 0.510. The van der Waals surface area contributed by atoms with Crippen LogP contribution in [0.1, 0.15) is 27.0 Å². The standard InChI is InChI=1S/C23H16ClFO3/c1-14-20(27-13-16-7-8-17(25)12-19(16)24)10-9-18-22(26)21(28-23(14)18)11-15-5-3-2-4-6-15/h2-12H,13H2,1H3/b21-11-. The fourth-order valence-corrected chi connectivity index (χ4v) is 3.24. The van der Waals surface area contributed by atoms with E-state index in [2.05, 4.69) is 0 Å². The Labute approximate surface area is 167 Å². The van der Waals surface area contributed by atoms with Crippen molar-refractivity contribution < 1.29 is 18.7 Å². The molecule has 0 spiro atoms. The van der Waals surface area contributed by atoms with Crippen LogP contribution in [0, 0.1) is 12.7 Å². The molecule has 0 radical (unpaired) electrons. The van der Waals surface area contributed by atoms with Crippen LogP contribution in [0.5, 0.6) is 11.5 Å². The van der Waals surface area contributed by atoms with Gasteiger partial charge in [-0.15, -0.1) is 0 Å². The lowest BCUT2D eigenvalue weighted by atomic mass is 10.1. The fourth-order valence-electron chi connectivity index (χ4n) is 3.02. The monoisotopic (exact) mass is 394 g/mol. The third-order valence-corrected chi connectivity index (χ3v) is 4.88. The second-order valence-electron chi connectivity index (χ2n) is 6.44. The summed E-state index contributed by atoms with van der Waals surface area (Å²) in [5.41, 5.74) is 2.79. The molecule has 28 heavy (non-hydrogen) atoms. The smallest absolute Gasteiger partial charge is 0.231 e. The van der Waals surface area contributed by atoms with Crippen molar-refractivity contribution in [2.75, 3.05) is 0 Å². The summed E-state index contributed by atoms with van der Waals surface area (Å²) < 4.78 is 24.9. The summed E-state index contributed by atoms with van der Waals surface area (Å²) in [6.07, 6.45) is 1.72. The van der Waals surface area contributed by atoms with Gasteiger partial charge in [-0.05, 0) is 42.8 Å². The van der Waals surface area contributed by atoms with Crippen LogP contribution in [0.25, 0.3) is 6.08 Å². The maximum atomic E-state index is 13.2. The largest absolute Gasteiger partial charge is 0.488 e. The van der Waals surface area contributed by atoms with Gasteiger partial charge in [-0.25, -0.2) is 4.39 Å². The second kappa shape index (κ2) is 7.49. The number of halogens is 2. The summed E-state index contributed by atoms with van der Waals surface area (Å²) in [4.78, 5) is 12.6. The van der Waals surface area contributed by atoms with Gasteiger partial charge in [0.25, 0.3) is 0 Å². The highest BCUT2D eigenvalue weighted by molar-refractivity contribution is 6.31. The van der Waals surface area contributed by atoms with Crippen molar-refractivity contribution >= 4 is 23.5 Å². The molecule has 0 aliphatic carbocycles. The van der Waals surface area contributed by atoms with Gasteiger partial charge in [-0.2, -0.15) is 0 Å². The number of ether oxygens (including phenoxy) is 2. The molecule has 5 heteroatoms. The summed E-state index contributed by atoms with van der Waals surface area (Å²) in [6.45, 7) is 2.01. The van der Waals surface area contributed by atoms with Crippen molar-refractivity contribution in [3.05, 3.63) is 99.5 Å². The van der Waals surface area contributed by atoms with Crippen molar-refractivity contribution in [3.63, 3.8) is 0 Å². The molecule has 1 heterocycles. The molecular weight excluding hydrogens is 379 g/mol. The Bertz CT molecular complexity index is 1090. The van der Waals surface area contributed by atoms with Crippen molar-refractivity contribution in [1.29, 1.82) is 0 Å². The number of fused-ring (bicyclic) bond motifs is 1. The van der Waals surface area contributed by atoms with Gasteiger partial charge in [0.2, 0.25) is 5.78 Å². The number of carbonyl (C=O) groups is 1. The van der Waals surface area contributed by atoms with Crippen LogP contribution < -0.4 is 9.47 Å². The van der Waals surface area contributed by atoms with Crippen LogP contribution >= 0.6 is 11.6 Å². The maximum absolute atomic E-state index is 13.2. The topological polar surface area (TPSA) is 35.5 Å². The first kappa shape index (κ1) is 18.3. The number of ketones is 1. The highest BCUT2D eigenvalue weighted by atomic mass is 35.5. The predicted molar refractivity (Wildman–Crippen MR) is 106 cm³/mol. The minimum Gasteiger partial charge on any atom is -0.488 e. The lowest BCUT2D eigenvalue weighted by molar-refractivity contribution is 0.101. The van der Waals surface area contributed by atoms with Crippen LogP contribution in [0.2, 0.25) is 5.02 Å². The van der Waals surface area contributed by atoms with Gasteiger partial charge in [0, 0.05) is 11.1 Å². The lowest BCUT2D eigenvalue weighted by Crippen LogP contribution is -1.99. The van der Waals surface area contributed by atoms with E-state index in [1.807, 2.05) is 37.3 Å². The molecule has 0 fully saturated rings. The van der Waals surface area contributed by atoms with Crippen molar-refractivity contribution in [3.8, 4) is 11.5 Å². The molecule has 3 aromatic rings. The van der Waals surface area contributed by atoms with Crippen LogP contribution in [0.4, 0.5) is 4.39 Å². The Balaban J connectivity index is 1.57. The summed E-state index contributed by atoms with van der Waals surface area (Å²) in [7, 11) is 0. The Morgan fingerprint density at radius 1 is 1.11 bits per heavy atom. The summed E-state index contributed by atoms with van der Waals surface area (Å²) in [5, 5.41) is 0.304. The molecule has 0 saturated carbocycles. The Morgan fingerprint density at radius 2 is 1.89 bits per heavy atom. The molecule has 0 bridgehead atoms. The molecule has 3 aromatic carbocycles. The molecule has 4 rings (SSSR count). The SMILES string of the molecule is Cc1c(OCc2ccc(F)cc2Cl)ccc2c1O/C(=C\c1ccccc1)C2=O. The van der Waals surface area contributed by atoms with E-state index in [9.17, 15) is 9.18 Å². The summed E-state index contributed by atoms with van der Waals surface area (Å²) in [6, 6.07) is 17.1. The normalized spacial score (nSPS) is 14.1. The van der Waals surface area contributed by atoms with E-state index in [0.29, 0.717) is 27.6 Å². The summed E-state index contributed by atoms with van der Waals surface area (Å²) in [5.74, 6) is 0.799. The van der Waals surface area contributed by atoms with E-state index < -0.39 is 5.82 Å². The number of hydrogen-bond acceptors (Lipinski definition) is 3. The average Bonchev–Trinajstić information content (AvgIpc) is 3.00. The van der Waals surface area contributed by atoms with Gasteiger partial charge in [0.1, 0.15) is 23.9 Å².